The Morgan fingerprint density at radius 3 is 2.39 bits per heavy atom. The molecule has 0 unspecified atom stereocenters. The van der Waals surface area contributed by atoms with E-state index >= 15 is 0 Å². The van der Waals surface area contributed by atoms with Crippen LogP contribution in [-0.4, -0.2) is 14.9 Å². The van der Waals surface area contributed by atoms with Crippen LogP contribution in [-0.2, 0) is 13.7 Å². The fraction of sp³-hybridized carbons (Fsp3) is 0.357. The van der Waals surface area contributed by atoms with E-state index in [0.29, 0.717) is 5.88 Å². The Morgan fingerprint density at radius 1 is 1.22 bits per heavy atom. The van der Waals surface area contributed by atoms with E-state index < -0.39 is 0 Å². The predicted octanol–water partition coefficient (Wildman–Crippen LogP) is 2.63. The minimum atomic E-state index is -0.0695. The molecule has 0 spiro atoms. The number of aromatic nitrogens is 2. The molecule has 0 bridgehead atoms. The standard InChI is InChI=1S/C14H18N2O2/c1-9-6-5-7-10(2)13(9)18-14-12(8-17)11(3)15-16(14)4/h5-7,17H,8H2,1-4H3. The second-order valence-corrected chi connectivity index (χ2v) is 4.47. The monoisotopic (exact) mass is 246 g/mol. The highest BCUT2D eigenvalue weighted by molar-refractivity contribution is 5.43. The average molecular weight is 246 g/mol. The lowest BCUT2D eigenvalue weighted by Crippen LogP contribution is -1.99. The van der Waals surface area contributed by atoms with E-state index in [0.717, 1.165) is 28.1 Å². The lowest BCUT2D eigenvalue weighted by atomic mass is 10.1. The summed E-state index contributed by atoms with van der Waals surface area (Å²) in [7, 11) is 1.81. The number of aliphatic hydroxyl groups excluding tert-OH is 1. The summed E-state index contributed by atoms with van der Waals surface area (Å²) in [5.41, 5.74) is 3.66. The molecule has 2 rings (SSSR count). The van der Waals surface area contributed by atoms with Gasteiger partial charge in [0.1, 0.15) is 5.75 Å². The first-order valence-electron chi connectivity index (χ1n) is 5.92. The Morgan fingerprint density at radius 2 is 1.83 bits per heavy atom. The third-order valence-corrected chi connectivity index (χ3v) is 3.05. The number of ether oxygens (including phenoxy) is 1. The SMILES string of the molecule is Cc1cccc(C)c1Oc1c(CO)c(C)nn1C. The van der Waals surface area contributed by atoms with Gasteiger partial charge < -0.3 is 9.84 Å². The van der Waals surface area contributed by atoms with E-state index in [-0.39, 0.29) is 6.61 Å². The Labute approximate surface area is 107 Å². The highest BCUT2D eigenvalue weighted by Crippen LogP contribution is 2.31. The molecule has 0 saturated carbocycles. The van der Waals surface area contributed by atoms with Crippen LogP contribution in [0, 0.1) is 20.8 Å². The van der Waals surface area contributed by atoms with Crippen molar-refractivity contribution in [3.63, 3.8) is 0 Å². The van der Waals surface area contributed by atoms with Crippen molar-refractivity contribution in [2.75, 3.05) is 0 Å². The van der Waals surface area contributed by atoms with Crippen LogP contribution in [0.4, 0.5) is 0 Å². The van der Waals surface area contributed by atoms with Gasteiger partial charge in [0.05, 0.1) is 17.9 Å². The molecule has 1 aromatic heterocycles. The highest BCUT2D eigenvalue weighted by Gasteiger charge is 2.16. The molecule has 0 atom stereocenters. The molecule has 0 radical (unpaired) electrons. The van der Waals surface area contributed by atoms with Gasteiger partial charge in [-0.25, -0.2) is 4.68 Å². The maximum Gasteiger partial charge on any atom is 0.223 e. The Balaban J connectivity index is 2.46. The fourth-order valence-electron chi connectivity index (χ4n) is 2.05. The molecule has 0 amide bonds. The molecule has 0 aliphatic carbocycles. The molecule has 4 heteroatoms. The van der Waals surface area contributed by atoms with Gasteiger partial charge in [-0.15, -0.1) is 0 Å². The third kappa shape index (κ3) is 2.11. The minimum absolute atomic E-state index is 0.0695. The number of rotatable bonds is 3. The van der Waals surface area contributed by atoms with Gasteiger partial charge in [0.25, 0.3) is 0 Å². The fourth-order valence-corrected chi connectivity index (χ4v) is 2.05. The zero-order valence-corrected chi connectivity index (χ0v) is 11.2. The number of aryl methyl sites for hydroxylation is 4. The summed E-state index contributed by atoms with van der Waals surface area (Å²) in [6.45, 7) is 5.80. The van der Waals surface area contributed by atoms with Crippen molar-refractivity contribution in [3.05, 3.63) is 40.6 Å². The smallest absolute Gasteiger partial charge is 0.223 e. The predicted molar refractivity (Wildman–Crippen MR) is 69.9 cm³/mol. The zero-order chi connectivity index (χ0) is 13.3. The maximum absolute atomic E-state index is 9.40. The van der Waals surface area contributed by atoms with Gasteiger partial charge in [0, 0.05) is 7.05 Å². The quantitative estimate of drug-likeness (QED) is 0.905. The Hall–Kier alpha value is -1.81. The van der Waals surface area contributed by atoms with Crippen molar-refractivity contribution < 1.29 is 9.84 Å². The summed E-state index contributed by atoms with van der Waals surface area (Å²) in [4.78, 5) is 0. The first kappa shape index (κ1) is 12.6. The molecule has 0 aliphatic rings. The van der Waals surface area contributed by atoms with E-state index in [1.807, 2.05) is 46.0 Å². The first-order valence-corrected chi connectivity index (χ1v) is 5.92. The summed E-state index contributed by atoms with van der Waals surface area (Å²) in [5, 5.41) is 13.7. The molecule has 0 saturated heterocycles. The van der Waals surface area contributed by atoms with Crippen LogP contribution in [0.5, 0.6) is 11.6 Å². The van der Waals surface area contributed by atoms with Crippen molar-refractivity contribution in [2.45, 2.75) is 27.4 Å². The van der Waals surface area contributed by atoms with Crippen LogP contribution in [0.3, 0.4) is 0 Å². The van der Waals surface area contributed by atoms with Crippen LogP contribution >= 0.6 is 0 Å². The van der Waals surface area contributed by atoms with E-state index in [9.17, 15) is 5.11 Å². The van der Waals surface area contributed by atoms with Gasteiger partial charge in [-0.1, -0.05) is 18.2 Å². The number of benzene rings is 1. The number of aliphatic hydroxyl groups is 1. The average Bonchev–Trinajstić information content (AvgIpc) is 2.58. The summed E-state index contributed by atoms with van der Waals surface area (Å²) in [6.07, 6.45) is 0. The molecule has 0 fully saturated rings. The van der Waals surface area contributed by atoms with Crippen LogP contribution in [0.25, 0.3) is 0 Å². The molecule has 1 aromatic carbocycles. The summed E-state index contributed by atoms with van der Waals surface area (Å²) in [5.74, 6) is 1.43. The van der Waals surface area contributed by atoms with E-state index in [2.05, 4.69) is 5.10 Å². The molecule has 18 heavy (non-hydrogen) atoms. The molecule has 1 heterocycles. The van der Waals surface area contributed by atoms with Crippen LogP contribution in [0.1, 0.15) is 22.4 Å². The lowest BCUT2D eigenvalue weighted by molar-refractivity contribution is 0.274. The summed E-state index contributed by atoms with van der Waals surface area (Å²) < 4.78 is 7.61. The van der Waals surface area contributed by atoms with Crippen molar-refractivity contribution >= 4 is 0 Å². The van der Waals surface area contributed by atoms with Gasteiger partial charge in [0.15, 0.2) is 0 Å². The molecular formula is C14H18N2O2. The van der Waals surface area contributed by atoms with Gasteiger partial charge >= 0.3 is 0 Å². The van der Waals surface area contributed by atoms with Crippen LogP contribution in [0.2, 0.25) is 0 Å². The van der Waals surface area contributed by atoms with E-state index in [4.69, 9.17) is 4.74 Å². The van der Waals surface area contributed by atoms with Crippen molar-refractivity contribution in [1.29, 1.82) is 0 Å². The normalized spacial score (nSPS) is 10.7. The highest BCUT2D eigenvalue weighted by atomic mass is 16.5. The Kier molecular flexibility index (Phi) is 3.39. The van der Waals surface area contributed by atoms with Crippen LogP contribution in [0.15, 0.2) is 18.2 Å². The van der Waals surface area contributed by atoms with Crippen molar-refractivity contribution in [1.82, 2.24) is 9.78 Å². The lowest BCUT2D eigenvalue weighted by Gasteiger charge is -2.12. The topological polar surface area (TPSA) is 47.3 Å². The molecule has 1 N–H and O–H groups in total. The molecule has 4 nitrogen and oxygen atoms in total. The number of nitrogens with zero attached hydrogens (tertiary/aromatic N) is 2. The van der Waals surface area contributed by atoms with Gasteiger partial charge in [-0.3, -0.25) is 0 Å². The summed E-state index contributed by atoms with van der Waals surface area (Å²) >= 11 is 0. The van der Waals surface area contributed by atoms with Gasteiger partial charge in [0.2, 0.25) is 5.88 Å². The van der Waals surface area contributed by atoms with Gasteiger partial charge in [-0.2, -0.15) is 5.10 Å². The van der Waals surface area contributed by atoms with Crippen LogP contribution < -0.4 is 4.74 Å². The second kappa shape index (κ2) is 4.82. The van der Waals surface area contributed by atoms with E-state index in [1.165, 1.54) is 0 Å². The van der Waals surface area contributed by atoms with Gasteiger partial charge in [-0.05, 0) is 31.9 Å². The third-order valence-electron chi connectivity index (χ3n) is 3.05. The number of hydrogen-bond acceptors (Lipinski definition) is 3. The number of hydrogen-bond donors (Lipinski definition) is 1. The van der Waals surface area contributed by atoms with E-state index in [1.54, 1.807) is 4.68 Å². The molecule has 0 aliphatic heterocycles. The van der Waals surface area contributed by atoms with Crippen molar-refractivity contribution in [2.24, 2.45) is 7.05 Å². The first-order chi connectivity index (χ1) is 8.54. The largest absolute Gasteiger partial charge is 0.438 e. The summed E-state index contributed by atoms with van der Waals surface area (Å²) in [6, 6.07) is 6.01. The molecule has 2 aromatic rings. The second-order valence-electron chi connectivity index (χ2n) is 4.47. The molecule has 96 valence electrons. The maximum atomic E-state index is 9.40. The Bertz CT molecular complexity index is 553. The van der Waals surface area contributed by atoms with Crippen molar-refractivity contribution in [3.8, 4) is 11.6 Å². The minimum Gasteiger partial charge on any atom is -0.438 e. The zero-order valence-electron chi connectivity index (χ0n) is 11.2. The molecular weight excluding hydrogens is 228 g/mol. The number of para-hydroxylation sites is 1.